The molecule has 0 saturated carbocycles. The number of carbonyl (C=O) groups excluding carboxylic acids is 3. The normalized spacial score (nSPS) is 9.56. The second-order valence-corrected chi connectivity index (χ2v) is 3.07. The van der Waals surface area contributed by atoms with Gasteiger partial charge in [0.2, 0.25) is 0 Å². The molecule has 0 aliphatic heterocycles. The van der Waals surface area contributed by atoms with Crippen LogP contribution in [0.1, 0.15) is 32.6 Å². The van der Waals surface area contributed by atoms with Crippen LogP contribution in [0.25, 0.3) is 0 Å². The zero-order chi connectivity index (χ0) is 12.2. The van der Waals surface area contributed by atoms with E-state index in [0.717, 1.165) is 6.42 Å². The lowest BCUT2D eigenvalue weighted by Gasteiger charge is -2.04. The average molecular weight is 231 g/mol. The van der Waals surface area contributed by atoms with Gasteiger partial charge in [0.1, 0.15) is 6.29 Å². The van der Waals surface area contributed by atoms with E-state index in [1.54, 1.807) is 0 Å². The number of rotatable bonds is 8. The molecule has 1 N–H and O–H groups in total. The van der Waals surface area contributed by atoms with Crippen molar-refractivity contribution in [2.45, 2.75) is 32.6 Å². The first-order valence-corrected chi connectivity index (χ1v) is 5.20. The van der Waals surface area contributed by atoms with Crippen LogP contribution in [0.4, 0.5) is 0 Å². The molecule has 0 aliphatic rings. The highest BCUT2D eigenvalue weighted by Gasteiger charge is 2.06. The van der Waals surface area contributed by atoms with Crippen molar-refractivity contribution >= 4 is 18.2 Å². The molecule has 1 amide bonds. The third-order valence-electron chi connectivity index (χ3n) is 1.57. The topological polar surface area (TPSA) is 81.7 Å². The van der Waals surface area contributed by atoms with Crippen molar-refractivity contribution in [3.05, 3.63) is 0 Å². The number of aldehydes is 1. The summed E-state index contributed by atoms with van der Waals surface area (Å²) >= 11 is 0. The summed E-state index contributed by atoms with van der Waals surface area (Å²) in [7, 11) is 0. The van der Waals surface area contributed by atoms with Crippen LogP contribution in [0.2, 0.25) is 0 Å². The average Bonchev–Trinajstić information content (AvgIpc) is 2.29. The highest BCUT2D eigenvalue weighted by atomic mass is 16.7. The van der Waals surface area contributed by atoms with E-state index in [1.807, 2.05) is 12.4 Å². The third-order valence-corrected chi connectivity index (χ3v) is 1.57. The molecular weight excluding hydrogens is 214 g/mol. The van der Waals surface area contributed by atoms with Crippen molar-refractivity contribution in [3.8, 4) is 0 Å². The second-order valence-electron chi connectivity index (χ2n) is 3.07. The van der Waals surface area contributed by atoms with Gasteiger partial charge in [0, 0.05) is 19.4 Å². The van der Waals surface area contributed by atoms with Crippen LogP contribution in [-0.4, -0.2) is 31.4 Å². The van der Waals surface area contributed by atoms with Crippen LogP contribution in [0, 0.1) is 0 Å². The summed E-state index contributed by atoms with van der Waals surface area (Å²) in [4.78, 5) is 36.3. The smallest absolute Gasteiger partial charge is 0.334 e. The monoisotopic (exact) mass is 231 g/mol. The van der Waals surface area contributed by atoms with Crippen molar-refractivity contribution < 1.29 is 24.0 Å². The van der Waals surface area contributed by atoms with E-state index in [-0.39, 0.29) is 25.9 Å². The molecule has 16 heavy (non-hydrogen) atoms. The summed E-state index contributed by atoms with van der Waals surface area (Å²) < 4.78 is 5.07. The highest BCUT2D eigenvalue weighted by Crippen LogP contribution is 1.89. The summed E-state index contributed by atoms with van der Waals surface area (Å²) in [5.74, 6) is -1.05. The molecule has 0 heterocycles. The SMILES string of the molecule is CCCOCCC(=O)ONC(=O)CCC=O. The van der Waals surface area contributed by atoms with Gasteiger partial charge in [0.15, 0.2) is 0 Å². The van der Waals surface area contributed by atoms with Gasteiger partial charge < -0.3 is 14.4 Å². The molecular formula is C10H17NO5. The lowest BCUT2D eigenvalue weighted by molar-refractivity contribution is -0.159. The molecule has 6 nitrogen and oxygen atoms in total. The number of hydroxylamine groups is 1. The Morgan fingerprint density at radius 3 is 2.62 bits per heavy atom. The van der Waals surface area contributed by atoms with Gasteiger partial charge in [0.25, 0.3) is 5.91 Å². The van der Waals surface area contributed by atoms with Crippen molar-refractivity contribution in [1.29, 1.82) is 0 Å². The van der Waals surface area contributed by atoms with Gasteiger partial charge in [-0.2, -0.15) is 5.48 Å². The molecule has 0 rings (SSSR count). The van der Waals surface area contributed by atoms with E-state index in [4.69, 9.17) is 4.74 Å². The van der Waals surface area contributed by atoms with E-state index in [1.165, 1.54) is 0 Å². The maximum absolute atomic E-state index is 11.0. The predicted octanol–water partition coefficient (Wildman–Crippen LogP) is 0.357. The molecule has 0 aromatic heterocycles. The molecule has 0 unspecified atom stereocenters. The highest BCUT2D eigenvalue weighted by molar-refractivity contribution is 5.79. The largest absolute Gasteiger partial charge is 0.381 e. The number of ether oxygens (including phenoxy) is 1. The molecule has 0 aromatic rings. The van der Waals surface area contributed by atoms with Gasteiger partial charge in [0.05, 0.1) is 13.0 Å². The molecule has 0 saturated heterocycles. The van der Waals surface area contributed by atoms with E-state index in [2.05, 4.69) is 4.84 Å². The summed E-state index contributed by atoms with van der Waals surface area (Å²) in [6.07, 6.45) is 1.73. The molecule has 0 fully saturated rings. The minimum absolute atomic E-state index is 0.0170. The molecule has 0 aromatic carbocycles. The summed E-state index contributed by atoms with van der Waals surface area (Å²) in [5.41, 5.74) is 1.96. The van der Waals surface area contributed by atoms with Crippen LogP contribution in [-0.2, 0) is 24.0 Å². The van der Waals surface area contributed by atoms with Crippen LogP contribution in [0.15, 0.2) is 0 Å². The maximum Gasteiger partial charge on any atom is 0.334 e. The third kappa shape index (κ3) is 9.14. The Hall–Kier alpha value is -1.43. The summed E-state index contributed by atoms with van der Waals surface area (Å²) in [6.45, 7) is 2.83. The molecule has 0 radical (unpaired) electrons. The molecule has 0 aliphatic carbocycles. The predicted molar refractivity (Wildman–Crippen MR) is 55.3 cm³/mol. The van der Waals surface area contributed by atoms with Gasteiger partial charge >= 0.3 is 5.97 Å². The molecule has 0 atom stereocenters. The van der Waals surface area contributed by atoms with Crippen molar-refractivity contribution in [2.75, 3.05) is 13.2 Å². The van der Waals surface area contributed by atoms with Gasteiger partial charge in [-0.05, 0) is 6.42 Å². The summed E-state index contributed by atoms with van der Waals surface area (Å²) in [6, 6.07) is 0. The number of hydrogen-bond acceptors (Lipinski definition) is 5. The van der Waals surface area contributed by atoms with E-state index in [9.17, 15) is 14.4 Å². The zero-order valence-corrected chi connectivity index (χ0v) is 9.36. The molecule has 6 heteroatoms. The first-order valence-electron chi connectivity index (χ1n) is 5.20. The van der Waals surface area contributed by atoms with E-state index in [0.29, 0.717) is 12.9 Å². The Labute approximate surface area is 94.2 Å². The fourth-order valence-corrected chi connectivity index (χ4v) is 0.808. The number of hydrogen-bond donors (Lipinski definition) is 1. The first-order chi connectivity index (χ1) is 7.70. The van der Waals surface area contributed by atoms with Gasteiger partial charge in [-0.25, -0.2) is 4.79 Å². The maximum atomic E-state index is 11.0. The van der Waals surface area contributed by atoms with Crippen molar-refractivity contribution in [3.63, 3.8) is 0 Å². The van der Waals surface area contributed by atoms with Crippen LogP contribution >= 0.6 is 0 Å². The second kappa shape index (κ2) is 10.1. The molecule has 0 bridgehead atoms. The molecule has 0 spiro atoms. The Morgan fingerprint density at radius 1 is 1.25 bits per heavy atom. The van der Waals surface area contributed by atoms with Crippen LogP contribution in [0.5, 0.6) is 0 Å². The van der Waals surface area contributed by atoms with E-state index < -0.39 is 11.9 Å². The van der Waals surface area contributed by atoms with E-state index >= 15 is 0 Å². The fourth-order valence-electron chi connectivity index (χ4n) is 0.808. The Morgan fingerprint density at radius 2 is 2.00 bits per heavy atom. The zero-order valence-electron chi connectivity index (χ0n) is 9.36. The first kappa shape index (κ1) is 14.6. The Balaban J connectivity index is 3.42. The van der Waals surface area contributed by atoms with Crippen molar-refractivity contribution in [1.82, 2.24) is 5.48 Å². The van der Waals surface area contributed by atoms with Crippen LogP contribution in [0.3, 0.4) is 0 Å². The standard InChI is InChI=1S/C10H17NO5/c1-2-7-15-8-5-10(14)16-11-9(13)4-3-6-12/h6H,2-5,7-8H2,1H3,(H,11,13). The van der Waals surface area contributed by atoms with Gasteiger partial charge in [-0.3, -0.25) is 4.79 Å². The lowest BCUT2D eigenvalue weighted by atomic mass is 10.3. The summed E-state index contributed by atoms with van der Waals surface area (Å²) in [5, 5.41) is 0. The number of amides is 1. The Bertz CT molecular complexity index is 229. The fraction of sp³-hybridized carbons (Fsp3) is 0.700. The molecule has 92 valence electrons. The minimum atomic E-state index is -0.560. The van der Waals surface area contributed by atoms with Gasteiger partial charge in [-0.15, -0.1) is 0 Å². The van der Waals surface area contributed by atoms with Crippen molar-refractivity contribution in [2.24, 2.45) is 0 Å². The van der Waals surface area contributed by atoms with Gasteiger partial charge in [-0.1, -0.05) is 6.92 Å². The van der Waals surface area contributed by atoms with Crippen LogP contribution < -0.4 is 5.48 Å². The quantitative estimate of drug-likeness (QED) is 0.370. The Kier molecular flexibility index (Phi) is 9.20. The lowest BCUT2D eigenvalue weighted by Crippen LogP contribution is -2.27. The number of nitrogens with one attached hydrogen (secondary N) is 1. The number of carbonyl (C=O) groups is 3. The minimum Gasteiger partial charge on any atom is -0.381 e.